The quantitative estimate of drug-likeness (QED) is 0.670. The van der Waals surface area contributed by atoms with Gasteiger partial charge in [0.25, 0.3) is 0 Å². The molecule has 0 amide bonds. The number of hydrogen-bond donors (Lipinski definition) is 2. The van der Waals surface area contributed by atoms with Gasteiger partial charge in [-0.3, -0.25) is 0 Å². The standard InChI is InChI=1S/C12H27N3/c1-15(11-5-10-14)12(8-4-9-13)6-2-3-7-12/h2-11,13-14H2,1H3. The molecule has 0 aromatic heterocycles. The average molecular weight is 213 g/mol. The minimum Gasteiger partial charge on any atom is -0.330 e. The van der Waals surface area contributed by atoms with Gasteiger partial charge in [0.2, 0.25) is 0 Å². The van der Waals surface area contributed by atoms with Crippen LogP contribution in [0.1, 0.15) is 44.9 Å². The second kappa shape index (κ2) is 6.46. The Balaban J connectivity index is 2.47. The zero-order valence-electron chi connectivity index (χ0n) is 10.2. The molecule has 3 nitrogen and oxygen atoms in total. The molecule has 0 aliphatic heterocycles. The average Bonchev–Trinajstić information content (AvgIpc) is 2.73. The lowest BCUT2D eigenvalue weighted by Crippen LogP contribution is -2.45. The van der Waals surface area contributed by atoms with Gasteiger partial charge >= 0.3 is 0 Å². The summed E-state index contributed by atoms with van der Waals surface area (Å²) in [5, 5.41) is 0. The summed E-state index contributed by atoms with van der Waals surface area (Å²) in [5.41, 5.74) is 11.7. The van der Waals surface area contributed by atoms with Crippen LogP contribution in [-0.2, 0) is 0 Å². The van der Waals surface area contributed by atoms with Crippen molar-refractivity contribution in [2.24, 2.45) is 11.5 Å². The summed E-state index contributed by atoms with van der Waals surface area (Å²) in [5.74, 6) is 0. The zero-order valence-corrected chi connectivity index (χ0v) is 10.2. The van der Waals surface area contributed by atoms with Crippen LogP contribution in [0.3, 0.4) is 0 Å². The molecule has 0 radical (unpaired) electrons. The maximum Gasteiger partial charge on any atom is 0.0207 e. The summed E-state index contributed by atoms with van der Waals surface area (Å²) in [4.78, 5) is 2.54. The molecule has 0 unspecified atom stereocenters. The molecular weight excluding hydrogens is 186 g/mol. The summed E-state index contributed by atoms with van der Waals surface area (Å²) in [6.45, 7) is 2.77. The van der Waals surface area contributed by atoms with Gasteiger partial charge in [-0.1, -0.05) is 12.8 Å². The van der Waals surface area contributed by atoms with Crippen molar-refractivity contribution in [2.45, 2.75) is 50.5 Å². The van der Waals surface area contributed by atoms with Gasteiger partial charge in [0.1, 0.15) is 0 Å². The minimum atomic E-state index is 0.453. The van der Waals surface area contributed by atoms with Crippen molar-refractivity contribution < 1.29 is 0 Å². The van der Waals surface area contributed by atoms with Gasteiger partial charge in [-0.2, -0.15) is 0 Å². The fourth-order valence-corrected chi connectivity index (χ4v) is 2.85. The van der Waals surface area contributed by atoms with Crippen molar-refractivity contribution in [2.75, 3.05) is 26.7 Å². The highest BCUT2D eigenvalue weighted by Gasteiger charge is 2.36. The van der Waals surface area contributed by atoms with E-state index >= 15 is 0 Å². The Labute approximate surface area is 94.2 Å². The monoisotopic (exact) mass is 213 g/mol. The first kappa shape index (κ1) is 12.9. The first-order chi connectivity index (χ1) is 7.25. The molecule has 90 valence electrons. The highest BCUT2D eigenvalue weighted by atomic mass is 15.2. The van der Waals surface area contributed by atoms with Gasteiger partial charge in [0, 0.05) is 5.54 Å². The Morgan fingerprint density at radius 1 is 1.07 bits per heavy atom. The smallest absolute Gasteiger partial charge is 0.0207 e. The van der Waals surface area contributed by atoms with Gasteiger partial charge in [-0.15, -0.1) is 0 Å². The lowest BCUT2D eigenvalue weighted by atomic mass is 9.89. The van der Waals surface area contributed by atoms with Crippen molar-refractivity contribution in [1.29, 1.82) is 0 Å². The Morgan fingerprint density at radius 3 is 2.20 bits per heavy atom. The third-order valence-electron chi connectivity index (χ3n) is 3.89. The molecule has 1 fully saturated rings. The molecule has 0 bridgehead atoms. The molecule has 0 aromatic rings. The molecule has 1 aliphatic carbocycles. The normalized spacial score (nSPS) is 20.0. The molecule has 4 N–H and O–H groups in total. The van der Waals surface area contributed by atoms with Crippen LogP contribution in [0.25, 0.3) is 0 Å². The van der Waals surface area contributed by atoms with Gasteiger partial charge < -0.3 is 16.4 Å². The predicted molar refractivity (Wildman–Crippen MR) is 65.8 cm³/mol. The Morgan fingerprint density at radius 2 is 1.67 bits per heavy atom. The van der Waals surface area contributed by atoms with Crippen molar-refractivity contribution in [3.05, 3.63) is 0 Å². The molecular formula is C12H27N3. The number of hydrogen-bond acceptors (Lipinski definition) is 3. The van der Waals surface area contributed by atoms with E-state index in [0.29, 0.717) is 5.54 Å². The molecule has 0 atom stereocenters. The molecule has 15 heavy (non-hydrogen) atoms. The lowest BCUT2D eigenvalue weighted by Gasteiger charge is -2.39. The van der Waals surface area contributed by atoms with E-state index in [9.17, 15) is 0 Å². The van der Waals surface area contributed by atoms with Crippen LogP contribution in [0, 0.1) is 0 Å². The first-order valence-corrected chi connectivity index (χ1v) is 6.36. The van der Waals surface area contributed by atoms with Gasteiger partial charge in [-0.25, -0.2) is 0 Å². The van der Waals surface area contributed by atoms with Crippen molar-refractivity contribution >= 4 is 0 Å². The van der Waals surface area contributed by atoms with Crippen LogP contribution in [0.4, 0.5) is 0 Å². The largest absolute Gasteiger partial charge is 0.330 e. The topological polar surface area (TPSA) is 55.3 Å². The molecule has 0 heterocycles. The molecule has 3 heteroatoms. The summed E-state index contributed by atoms with van der Waals surface area (Å²) >= 11 is 0. The van der Waals surface area contributed by atoms with E-state index in [-0.39, 0.29) is 0 Å². The fraction of sp³-hybridized carbons (Fsp3) is 1.00. The second-order valence-corrected chi connectivity index (χ2v) is 4.89. The van der Waals surface area contributed by atoms with Crippen LogP contribution in [0.5, 0.6) is 0 Å². The van der Waals surface area contributed by atoms with Gasteiger partial charge in [0.15, 0.2) is 0 Å². The van der Waals surface area contributed by atoms with Crippen LogP contribution in [-0.4, -0.2) is 37.1 Å². The first-order valence-electron chi connectivity index (χ1n) is 6.36. The number of nitrogens with zero attached hydrogens (tertiary/aromatic N) is 1. The molecule has 0 spiro atoms. The van der Waals surface area contributed by atoms with Crippen LogP contribution < -0.4 is 11.5 Å². The van der Waals surface area contributed by atoms with E-state index in [1.54, 1.807) is 0 Å². The number of nitrogens with two attached hydrogens (primary N) is 2. The van der Waals surface area contributed by atoms with E-state index in [4.69, 9.17) is 11.5 Å². The van der Waals surface area contributed by atoms with Gasteiger partial charge in [-0.05, 0) is 58.8 Å². The highest BCUT2D eigenvalue weighted by Crippen LogP contribution is 2.38. The van der Waals surface area contributed by atoms with E-state index in [1.165, 1.54) is 32.1 Å². The SMILES string of the molecule is CN(CCCN)C1(CCCN)CCCC1. The summed E-state index contributed by atoms with van der Waals surface area (Å²) in [7, 11) is 2.26. The van der Waals surface area contributed by atoms with Crippen molar-refractivity contribution in [1.82, 2.24) is 4.90 Å². The van der Waals surface area contributed by atoms with Crippen LogP contribution in [0.15, 0.2) is 0 Å². The Bertz CT molecular complexity index is 164. The summed E-state index contributed by atoms with van der Waals surface area (Å²) in [6, 6.07) is 0. The van der Waals surface area contributed by atoms with Crippen molar-refractivity contribution in [3.63, 3.8) is 0 Å². The highest BCUT2D eigenvalue weighted by molar-refractivity contribution is 4.93. The van der Waals surface area contributed by atoms with E-state index in [2.05, 4.69) is 11.9 Å². The molecule has 1 rings (SSSR count). The molecule has 0 aromatic carbocycles. The Kier molecular flexibility index (Phi) is 5.58. The molecule has 0 saturated heterocycles. The van der Waals surface area contributed by atoms with E-state index in [1.807, 2.05) is 0 Å². The van der Waals surface area contributed by atoms with E-state index in [0.717, 1.165) is 32.5 Å². The van der Waals surface area contributed by atoms with Gasteiger partial charge in [0.05, 0.1) is 0 Å². The predicted octanol–water partition coefficient (Wildman–Crippen LogP) is 1.32. The number of rotatable bonds is 7. The second-order valence-electron chi connectivity index (χ2n) is 4.89. The maximum atomic E-state index is 5.63. The zero-order chi connectivity index (χ0) is 11.1. The third-order valence-corrected chi connectivity index (χ3v) is 3.89. The maximum absolute atomic E-state index is 5.63. The van der Waals surface area contributed by atoms with Crippen molar-refractivity contribution in [3.8, 4) is 0 Å². The summed E-state index contributed by atoms with van der Waals surface area (Å²) < 4.78 is 0. The minimum absolute atomic E-state index is 0.453. The Hall–Kier alpha value is -0.120. The molecule has 1 aliphatic rings. The fourth-order valence-electron chi connectivity index (χ4n) is 2.85. The van der Waals surface area contributed by atoms with Crippen LogP contribution >= 0.6 is 0 Å². The van der Waals surface area contributed by atoms with Crippen LogP contribution in [0.2, 0.25) is 0 Å². The lowest BCUT2D eigenvalue weighted by molar-refractivity contribution is 0.111. The summed E-state index contributed by atoms with van der Waals surface area (Å²) in [6.07, 6.45) is 9.02. The van der Waals surface area contributed by atoms with E-state index < -0.39 is 0 Å². The third kappa shape index (κ3) is 3.44. The molecule has 1 saturated carbocycles.